The summed E-state index contributed by atoms with van der Waals surface area (Å²) >= 11 is 0. The molecule has 18 heavy (non-hydrogen) atoms. The molecule has 0 nitrogen and oxygen atoms in total. The smallest absolute Gasteiger partial charge is 0.00893 e. The molecular formula is C18H20. The highest BCUT2D eigenvalue weighted by molar-refractivity contribution is 5.32. The van der Waals surface area contributed by atoms with Gasteiger partial charge in [0.2, 0.25) is 0 Å². The van der Waals surface area contributed by atoms with Crippen LogP contribution in [-0.2, 0) is 0 Å². The molecule has 0 aliphatic carbocycles. The fourth-order valence-corrected chi connectivity index (χ4v) is 2.39. The van der Waals surface area contributed by atoms with Crippen LogP contribution in [0, 0.1) is 6.92 Å². The monoisotopic (exact) mass is 236 g/mol. The second kappa shape index (κ2) is 7.00. The molecular weight excluding hydrogens is 216 g/mol. The van der Waals surface area contributed by atoms with Crippen LogP contribution in [0.25, 0.3) is 0 Å². The molecule has 0 spiro atoms. The summed E-state index contributed by atoms with van der Waals surface area (Å²) in [5.74, 6) is 0.499. The largest absolute Gasteiger partial charge is 0.0622 e. The summed E-state index contributed by atoms with van der Waals surface area (Å²) in [6.07, 6.45) is 4.25. The topological polar surface area (TPSA) is 0 Å². The van der Waals surface area contributed by atoms with Crippen molar-refractivity contribution in [2.75, 3.05) is 0 Å². The van der Waals surface area contributed by atoms with Gasteiger partial charge >= 0.3 is 0 Å². The maximum absolute atomic E-state index is 5.59. The molecule has 0 amide bonds. The SMILES string of the molecule is [CH]CCCCC(c1ccccc1)c1ccccc1. The molecule has 0 unspecified atom stereocenters. The first kappa shape index (κ1) is 12.9. The van der Waals surface area contributed by atoms with E-state index in [2.05, 4.69) is 60.7 Å². The molecule has 0 heteroatoms. The van der Waals surface area contributed by atoms with Gasteiger partial charge in [-0.25, -0.2) is 0 Å². The number of unbranched alkanes of at least 4 members (excludes halogenated alkanes) is 2. The van der Waals surface area contributed by atoms with Crippen LogP contribution in [0.3, 0.4) is 0 Å². The number of rotatable bonds is 6. The molecule has 2 rings (SSSR count). The van der Waals surface area contributed by atoms with E-state index >= 15 is 0 Å². The van der Waals surface area contributed by atoms with Crippen molar-refractivity contribution in [3.8, 4) is 0 Å². The average Bonchev–Trinajstić information content (AvgIpc) is 2.46. The van der Waals surface area contributed by atoms with Gasteiger partial charge in [0, 0.05) is 5.92 Å². The van der Waals surface area contributed by atoms with E-state index in [9.17, 15) is 0 Å². The maximum atomic E-state index is 5.59. The Balaban J connectivity index is 2.18. The zero-order chi connectivity index (χ0) is 12.6. The summed E-state index contributed by atoms with van der Waals surface area (Å²) in [5, 5.41) is 0. The first-order chi connectivity index (χ1) is 8.92. The minimum Gasteiger partial charge on any atom is -0.0622 e. The van der Waals surface area contributed by atoms with Crippen molar-refractivity contribution in [1.82, 2.24) is 0 Å². The van der Waals surface area contributed by atoms with Crippen LogP contribution in [0.2, 0.25) is 0 Å². The van der Waals surface area contributed by atoms with Crippen molar-refractivity contribution >= 4 is 0 Å². The average molecular weight is 236 g/mol. The van der Waals surface area contributed by atoms with Crippen LogP contribution in [0.4, 0.5) is 0 Å². The van der Waals surface area contributed by atoms with Gasteiger partial charge in [-0.2, -0.15) is 0 Å². The molecule has 0 aromatic heterocycles. The van der Waals surface area contributed by atoms with E-state index in [1.807, 2.05) is 0 Å². The van der Waals surface area contributed by atoms with Crippen molar-refractivity contribution in [3.63, 3.8) is 0 Å². The summed E-state index contributed by atoms with van der Waals surface area (Å²) in [4.78, 5) is 0. The van der Waals surface area contributed by atoms with Crippen molar-refractivity contribution in [1.29, 1.82) is 0 Å². The molecule has 0 saturated carbocycles. The predicted octanol–water partition coefficient (Wildman–Crippen LogP) is 5.09. The Morgan fingerprint density at radius 3 is 1.67 bits per heavy atom. The van der Waals surface area contributed by atoms with Crippen molar-refractivity contribution < 1.29 is 0 Å². The molecule has 0 aliphatic rings. The molecule has 0 bridgehead atoms. The van der Waals surface area contributed by atoms with E-state index in [1.54, 1.807) is 0 Å². The van der Waals surface area contributed by atoms with Crippen molar-refractivity contribution in [2.45, 2.75) is 31.6 Å². The quantitative estimate of drug-likeness (QED) is 0.613. The molecule has 2 radical (unpaired) electrons. The third-order valence-corrected chi connectivity index (χ3v) is 3.35. The summed E-state index contributed by atoms with van der Waals surface area (Å²) in [7, 11) is 0. The summed E-state index contributed by atoms with van der Waals surface area (Å²) < 4.78 is 0. The van der Waals surface area contributed by atoms with Crippen molar-refractivity contribution in [2.24, 2.45) is 0 Å². The summed E-state index contributed by atoms with van der Waals surface area (Å²) in [6.45, 7) is 5.59. The van der Waals surface area contributed by atoms with Gasteiger partial charge in [0.25, 0.3) is 0 Å². The van der Waals surface area contributed by atoms with Gasteiger partial charge in [0.1, 0.15) is 0 Å². The minimum atomic E-state index is 0.499. The Labute approximate surface area is 111 Å². The number of benzene rings is 2. The van der Waals surface area contributed by atoms with E-state index in [1.165, 1.54) is 24.0 Å². The van der Waals surface area contributed by atoms with Gasteiger partial charge in [-0.05, 0) is 30.9 Å². The second-order valence-electron chi connectivity index (χ2n) is 4.66. The predicted molar refractivity (Wildman–Crippen MR) is 77.5 cm³/mol. The Hall–Kier alpha value is -1.56. The molecule has 0 N–H and O–H groups in total. The lowest BCUT2D eigenvalue weighted by atomic mass is 9.87. The number of hydrogen-bond donors (Lipinski definition) is 0. The molecule has 0 fully saturated rings. The van der Waals surface area contributed by atoms with Gasteiger partial charge in [-0.15, -0.1) is 0 Å². The normalized spacial score (nSPS) is 10.8. The molecule has 0 aliphatic heterocycles. The van der Waals surface area contributed by atoms with E-state index in [0.717, 1.165) is 12.8 Å². The standard InChI is InChI=1S/C18H20/c1-2-3-6-15-18(16-11-7-4-8-12-16)17-13-9-5-10-14-17/h1,4-5,7-14,18H,2-3,6,15H2. The third kappa shape index (κ3) is 3.46. The fraction of sp³-hybridized carbons (Fsp3) is 0.278. The molecule has 2 aromatic carbocycles. The third-order valence-electron chi connectivity index (χ3n) is 3.35. The van der Waals surface area contributed by atoms with Gasteiger partial charge in [-0.1, -0.05) is 73.5 Å². The lowest BCUT2D eigenvalue weighted by Crippen LogP contribution is -2.01. The highest BCUT2D eigenvalue weighted by Crippen LogP contribution is 2.29. The second-order valence-corrected chi connectivity index (χ2v) is 4.66. The van der Waals surface area contributed by atoms with Gasteiger partial charge in [-0.3, -0.25) is 0 Å². The zero-order valence-corrected chi connectivity index (χ0v) is 10.8. The van der Waals surface area contributed by atoms with E-state index < -0.39 is 0 Å². The Bertz CT molecular complexity index is 391. The van der Waals surface area contributed by atoms with E-state index in [-0.39, 0.29) is 0 Å². The highest BCUT2D eigenvalue weighted by atomic mass is 14.2. The summed E-state index contributed by atoms with van der Waals surface area (Å²) in [6, 6.07) is 21.5. The van der Waals surface area contributed by atoms with Crippen LogP contribution in [0.5, 0.6) is 0 Å². The molecule has 0 heterocycles. The van der Waals surface area contributed by atoms with Gasteiger partial charge in [0.05, 0.1) is 0 Å². The highest BCUT2D eigenvalue weighted by Gasteiger charge is 2.12. The minimum absolute atomic E-state index is 0.499. The Morgan fingerprint density at radius 2 is 1.22 bits per heavy atom. The lowest BCUT2D eigenvalue weighted by molar-refractivity contribution is 0.630. The first-order valence-electron chi connectivity index (χ1n) is 6.72. The van der Waals surface area contributed by atoms with Crippen LogP contribution in [0.15, 0.2) is 60.7 Å². The van der Waals surface area contributed by atoms with Crippen LogP contribution in [-0.4, -0.2) is 0 Å². The molecule has 2 aromatic rings. The fourth-order valence-electron chi connectivity index (χ4n) is 2.39. The van der Waals surface area contributed by atoms with Crippen LogP contribution in [0.1, 0.15) is 42.7 Å². The van der Waals surface area contributed by atoms with Gasteiger partial charge in [0.15, 0.2) is 0 Å². The van der Waals surface area contributed by atoms with Crippen LogP contribution < -0.4 is 0 Å². The van der Waals surface area contributed by atoms with Gasteiger partial charge < -0.3 is 0 Å². The Kier molecular flexibility index (Phi) is 5.01. The van der Waals surface area contributed by atoms with Crippen LogP contribution >= 0.6 is 0 Å². The maximum Gasteiger partial charge on any atom is 0.00893 e. The number of hydrogen-bond acceptors (Lipinski definition) is 0. The Morgan fingerprint density at radius 1 is 0.722 bits per heavy atom. The van der Waals surface area contributed by atoms with E-state index in [4.69, 9.17) is 6.92 Å². The zero-order valence-electron chi connectivity index (χ0n) is 10.8. The molecule has 0 atom stereocenters. The lowest BCUT2D eigenvalue weighted by Gasteiger charge is -2.17. The van der Waals surface area contributed by atoms with E-state index in [0.29, 0.717) is 5.92 Å². The first-order valence-corrected chi connectivity index (χ1v) is 6.72. The molecule has 92 valence electrons. The summed E-state index contributed by atoms with van der Waals surface area (Å²) in [5.41, 5.74) is 2.81. The van der Waals surface area contributed by atoms with Crippen molar-refractivity contribution in [3.05, 3.63) is 78.7 Å². The molecule has 0 saturated heterocycles.